The van der Waals surface area contributed by atoms with Crippen LogP contribution in [0.1, 0.15) is 24.8 Å². The molecular weight excluding hydrogens is 202 g/mol. The van der Waals surface area contributed by atoms with Crippen LogP contribution in [0.3, 0.4) is 0 Å². The summed E-state index contributed by atoms with van der Waals surface area (Å²) in [5.74, 6) is -0.437. The molecule has 0 spiro atoms. The third-order valence-electron chi connectivity index (χ3n) is 3.06. The van der Waals surface area contributed by atoms with E-state index in [1.54, 1.807) is 6.20 Å². The smallest absolute Gasteiger partial charge is 0.328 e. The molecule has 0 saturated heterocycles. The summed E-state index contributed by atoms with van der Waals surface area (Å²) in [6.45, 7) is 0. The molecule has 2 rings (SSSR count). The lowest BCUT2D eigenvalue weighted by atomic mass is 9.95. The van der Waals surface area contributed by atoms with Gasteiger partial charge in [-0.3, -0.25) is 4.98 Å². The Hall–Kier alpha value is -1.64. The molecule has 0 aliphatic heterocycles. The maximum absolute atomic E-state index is 10.7. The maximum Gasteiger partial charge on any atom is 0.328 e. The van der Waals surface area contributed by atoms with Crippen LogP contribution in [-0.2, 0) is 11.2 Å². The van der Waals surface area contributed by atoms with Crippen molar-refractivity contribution in [1.29, 1.82) is 0 Å². The van der Waals surface area contributed by atoms with E-state index in [9.17, 15) is 4.79 Å². The highest BCUT2D eigenvalue weighted by molar-refractivity contribution is 5.80. The SMILES string of the molecule is O=C(O)/C=C1\CCCC1Cc1cccnc1. The molecule has 1 aliphatic carbocycles. The van der Waals surface area contributed by atoms with E-state index in [4.69, 9.17) is 5.11 Å². The third-order valence-corrected chi connectivity index (χ3v) is 3.06. The van der Waals surface area contributed by atoms with Crippen molar-refractivity contribution in [2.75, 3.05) is 0 Å². The van der Waals surface area contributed by atoms with E-state index in [-0.39, 0.29) is 0 Å². The molecule has 0 aromatic carbocycles. The first-order valence-electron chi connectivity index (χ1n) is 5.58. The van der Waals surface area contributed by atoms with Gasteiger partial charge < -0.3 is 5.11 Å². The molecule has 1 aromatic rings. The number of aromatic nitrogens is 1. The lowest BCUT2D eigenvalue weighted by Gasteiger charge is -2.11. The van der Waals surface area contributed by atoms with E-state index in [0.29, 0.717) is 5.92 Å². The molecule has 1 aliphatic rings. The Labute approximate surface area is 94.8 Å². The Morgan fingerprint density at radius 2 is 2.50 bits per heavy atom. The molecule has 1 saturated carbocycles. The van der Waals surface area contributed by atoms with E-state index in [1.807, 2.05) is 18.3 Å². The van der Waals surface area contributed by atoms with Crippen molar-refractivity contribution in [3.8, 4) is 0 Å². The molecule has 0 radical (unpaired) electrons. The Balaban J connectivity index is 2.07. The van der Waals surface area contributed by atoms with Gasteiger partial charge in [0.1, 0.15) is 0 Å². The zero-order valence-electron chi connectivity index (χ0n) is 9.10. The number of carboxylic acid groups (broad SMARTS) is 1. The highest BCUT2D eigenvalue weighted by Gasteiger charge is 2.21. The van der Waals surface area contributed by atoms with Gasteiger partial charge in [-0.05, 0) is 43.2 Å². The first-order valence-corrected chi connectivity index (χ1v) is 5.58. The van der Waals surface area contributed by atoms with Crippen LogP contribution in [0.2, 0.25) is 0 Å². The molecule has 0 amide bonds. The monoisotopic (exact) mass is 217 g/mol. The molecule has 0 bridgehead atoms. The molecule has 1 aromatic heterocycles. The first kappa shape index (κ1) is 10.9. The number of hydrogen-bond donors (Lipinski definition) is 1. The van der Waals surface area contributed by atoms with Crippen molar-refractivity contribution in [2.45, 2.75) is 25.7 Å². The van der Waals surface area contributed by atoms with Crippen LogP contribution in [0.4, 0.5) is 0 Å². The minimum absolute atomic E-state index is 0.389. The largest absolute Gasteiger partial charge is 0.478 e. The van der Waals surface area contributed by atoms with Crippen LogP contribution in [0.5, 0.6) is 0 Å². The second-order valence-corrected chi connectivity index (χ2v) is 4.21. The normalized spacial score (nSPS) is 22.5. The summed E-state index contributed by atoms with van der Waals surface area (Å²) >= 11 is 0. The Kier molecular flexibility index (Phi) is 3.34. The number of carbonyl (C=O) groups is 1. The van der Waals surface area contributed by atoms with Crippen LogP contribution in [0.25, 0.3) is 0 Å². The van der Waals surface area contributed by atoms with Crippen molar-refractivity contribution < 1.29 is 9.90 Å². The Morgan fingerprint density at radius 3 is 3.19 bits per heavy atom. The van der Waals surface area contributed by atoms with Crippen LogP contribution in [-0.4, -0.2) is 16.1 Å². The minimum atomic E-state index is -0.826. The Morgan fingerprint density at radius 1 is 1.62 bits per heavy atom. The fourth-order valence-electron chi connectivity index (χ4n) is 2.33. The number of pyridine rings is 1. The number of rotatable bonds is 3. The maximum atomic E-state index is 10.7. The van der Waals surface area contributed by atoms with Crippen molar-refractivity contribution in [1.82, 2.24) is 4.98 Å². The fraction of sp³-hybridized carbons (Fsp3) is 0.385. The fourth-order valence-corrected chi connectivity index (χ4v) is 2.33. The molecule has 1 unspecified atom stereocenters. The molecule has 16 heavy (non-hydrogen) atoms. The number of allylic oxidation sites excluding steroid dienone is 1. The van der Waals surface area contributed by atoms with Crippen LogP contribution < -0.4 is 0 Å². The van der Waals surface area contributed by atoms with Gasteiger partial charge in [0.25, 0.3) is 0 Å². The average molecular weight is 217 g/mol. The van der Waals surface area contributed by atoms with E-state index >= 15 is 0 Å². The summed E-state index contributed by atoms with van der Waals surface area (Å²) in [6, 6.07) is 3.97. The van der Waals surface area contributed by atoms with Gasteiger partial charge in [0.05, 0.1) is 0 Å². The van der Waals surface area contributed by atoms with Gasteiger partial charge >= 0.3 is 5.97 Å². The number of aliphatic carboxylic acids is 1. The molecule has 3 nitrogen and oxygen atoms in total. The number of carboxylic acids is 1. The molecule has 3 heteroatoms. The summed E-state index contributed by atoms with van der Waals surface area (Å²) in [7, 11) is 0. The quantitative estimate of drug-likeness (QED) is 0.791. The second kappa shape index (κ2) is 4.92. The van der Waals surface area contributed by atoms with E-state index < -0.39 is 5.97 Å². The van der Waals surface area contributed by atoms with E-state index in [2.05, 4.69) is 4.98 Å². The Bertz CT molecular complexity index is 398. The van der Waals surface area contributed by atoms with Gasteiger partial charge in [-0.2, -0.15) is 0 Å². The topological polar surface area (TPSA) is 50.2 Å². The number of hydrogen-bond acceptors (Lipinski definition) is 2. The number of nitrogens with zero attached hydrogens (tertiary/aromatic N) is 1. The molecular formula is C13H15NO2. The average Bonchev–Trinajstić information content (AvgIpc) is 2.66. The van der Waals surface area contributed by atoms with E-state index in [1.165, 1.54) is 11.6 Å². The molecule has 1 heterocycles. The lowest BCUT2D eigenvalue weighted by molar-refractivity contribution is -0.131. The van der Waals surface area contributed by atoms with Crippen LogP contribution in [0, 0.1) is 5.92 Å². The summed E-state index contributed by atoms with van der Waals surface area (Å²) < 4.78 is 0. The summed E-state index contributed by atoms with van der Waals surface area (Å²) in [4.78, 5) is 14.7. The van der Waals surface area contributed by atoms with Gasteiger partial charge in [-0.1, -0.05) is 11.6 Å². The van der Waals surface area contributed by atoms with Crippen molar-refractivity contribution in [2.24, 2.45) is 5.92 Å². The van der Waals surface area contributed by atoms with Crippen LogP contribution in [0.15, 0.2) is 36.2 Å². The van der Waals surface area contributed by atoms with Gasteiger partial charge in [-0.15, -0.1) is 0 Å². The van der Waals surface area contributed by atoms with Gasteiger partial charge in [-0.25, -0.2) is 4.79 Å². The molecule has 84 valence electrons. The predicted molar refractivity (Wildman–Crippen MR) is 61.0 cm³/mol. The minimum Gasteiger partial charge on any atom is -0.478 e. The second-order valence-electron chi connectivity index (χ2n) is 4.21. The highest BCUT2D eigenvalue weighted by Crippen LogP contribution is 2.33. The molecule has 1 fully saturated rings. The van der Waals surface area contributed by atoms with Crippen molar-refractivity contribution >= 4 is 5.97 Å². The van der Waals surface area contributed by atoms with Gasteiger partial charge in [0.2, 0.25) is 0 Å². The summed E-state index contributed by atoms with van der Waals surface area (Å²) in [5.41, 5.74) is 2.27. The summed E-state index contributed by atoms with van der Waals surface area (Å²) in [5, 5.41) is 8.77. The third kappa shape index (κ3) is 2.69. The van der Waals surface area contributed by atoms with E-state index in [0.717, 1.165) is 31.3 Å². The molecule has 1 N–H and O–H groups in total. The summed E-state index contributed by atoms with van der Waals surface area (Å²) in [6.07, 6.45) is 9.03. The van der Waals surface area contributed by atoms with Crippen molar-refractivity contribution in [3.63, 3.8) is 0 Å². The zero-order chi connectivity index (χ0) is 11.4. The molecule has 1 atom stereocenters. The standard InChI is InChI=1S/C13H15NO2/c15-13(16)8-12-5-1-4-11(12)7-10-3-2-6-14-9-10/h2-3,6,8-9,11H,1,4-5,7H2,(H,15,16)/b12-8+. The highest BCUT2D eigenvalue weighted by atomic mass is 16.4. The van der Waals surface area contributed by atoms with Gasteiger partial charge in [0.15, 0.2) is 0 Å². The predicted octanol–water partition coefficient (Wildman–Crippen LogP) is 2.44. The van der Waals surface area contributed by atoms with Gasteiger partial charge in [0, 0.05) is 18.5 Å². The van der Waals surface area contributed by atoms with Crippen LogP contribution >= 0.6 is 0 Å². The first-order chi connectivity index (χ1) is 7.75. The zero-order valence-corrected chi connectivity index (χ0v) is 9.10. The van der Waals surface area contributed by atoms with Crippen molar-refractivity contribution in [3.05, 3.63) is 41.7 Å². The lowest BCUT2D eigenvalue weighted by Crippen LogP contribution is -2.04.